The second-order valence-corrected chi connectivity index (χ2v) is 5.70. The van der Waals surface area contributed by atoms with Gasteiger partial charge in [-0.3, -0.25) is 14.8 Å². The monoisotopic (exact) mass is 292 g/mol. The number of benzene rings is 1. The SMILES string of the molecule is CCC(=O)N1Cc2ccc(C(=O)NO)cc2OCC1(C)C. The summed E-state index contributed by atoms with van der Waals surface area (Å²) in [5, 5.41) is 8.68. The third-order valence-electron chi connectivity index (χ3n) is 3.67. The molecule has 0 aliphatic carbocycles. The molecule has 2 rings (SSSR count). The van der Waals surface area contributed by atoms with E-state index < -0.39 is 11.4 Å². The quantitative estimate of drug-likeness (QED) is 0.642. The number of carbonyl (C=O) groups is 2. The first-order chi connectivity index (χ1) is 9.89. The average Bonchev–Trinajstić information content (AvgIpc) is 2.61. The molecule has 0 saturated heterocycles. The molecule has 0 fully saturated rings. The molecule has 1 heterocycles. The minimum absolute atomic E-state index is 0.0635. The van der Waals surface area contributed by atoms with Gasteiger partial charge in [-0.15, -0.1) is 0 Å². The molecule has 1 aliphatic heterocycles. The fourth-order valence-electron chi connectivity index (χ4n) is 2.36. The van der Waals surface area contributed by atoms with Crippen LogP contribution in [0.4, 0.5) is 0 Å². The van der Waals surface area contributed by atoms with E-state index in [1.165, 1.54) is 0 Å². The van der Waals surface area contributed by atoms with E-state index in [1.54, 1.807) is 28.6 Å². The van der Waals surface area contributed by atoms with Crippen molar-refractivity contribution in [2.24, 2.45) is 0 Å². The molecule has 0 bridgehead atoms. The molecule has 0 spiro atoms. The Morgan fingerprint density at radius 3 is 2.76 bits per heavy atom. The highest BCUT2D eigenvalue weighted by Crippen LogP contribution is 2.30. The molecule has 0 radical (unpaired) electrons. The molecule has 0 saturated carbocycles. The topological polar surface area (TPSA) is 78.9 Å². The van der Waals surface area contributed by atoms with Gasteiger partial charge in [0.05, 0.1) is 5.54 Å². The van der Waals surface area contributed by atoms with Gasteiger partial charge in [0, 0.05) is 24.1 Å². The van der Waals surface area contributed by atoms with E-state index in [-0.39, 0.29) is 5.91 Å². The van der Waals surface area contributed by atoms with Gasteiger partial charge in [0.1, 0.15) is 12.4 Å². The van der Waals surface area contributed by atoms with Crippen molar-refractivity contribution in [1.82, 2.24) is 10.4 Å². The third-order valence-corrected chi connectivity index (χ3v) is 3.67. The third kappa shape index (κ3) is 3.00. The van der Waals surface area contributed by atoms with Crippen molar-refractivity contribution < 1.29 is 19.5 Å². The number of hydrogen-bond acceptors (Lipinski definition) is 4. The van der Waals surface area contributed by atoms with Gasteiger partial charge in [0.15, 0.2) is 0 Å². The summed E-state index contributed by atoms with van der Waals surface area (Å²) in [6.07, 6.45) is 0.434. The summed E-state index contributed by atoms with van der Waals surface area (Å²) in [4.78, 5) is 25.4. The summed E-state index contributed by atoms with van der Waals surface area (Å²) in [7, 11) is 0. The fraction of sp³-hybridized carbons (Fsp3) is 0.467. The average molecular weight is 292 g/mol. The van der Waals surface area contributed by atoms with E-state index >= 15 is 0 Å². The number of carbonyl (C=O) groups excluding carboxylic acids is 2. The van der Waals surface area contributed by atoms with Crippen molar-refractivity contribution in [3.63, 3.8) is 0 Å². The van der Waals surface area contributed by atoms with Crippen LogP contribution in [0, 0.1) is 0 Å². The van der Waals surface area contributed by atoms with Gasteiger partial charge < -0.3 is 9.64 Å². The standard InChI is InChI=1S/C15H20N2O4/c1-4-13(18)17-8-11-6-5-10(14(19)16-20)7-12(11)21-9-15(17,2)3/h5-7,20H,4,8-9H2,1-3H3,(H,16,19). The minimum Gasteiger partial charge on any atom is -0.491 e. The summed E-state index contributed by atoms with van der Waals surface area (Å²) in [6, 6.07) is 4.93. The van der Waals surface area contributed by atoms with Crippen LogP contribution in [0.3, 0.4) is 0 Å². The molecule has 1 aromatic rings. The zero-order valence-corrected chi connectivity index (χ0v) is 12.5. The maximum atomic E-state index is 12.1. The van der Waals surface area contributed by atoms with Crippen molar-refractivity contribution in [2.45, 2.75) is 39.3 Å². The molecular formula is C15H20N2O4. The van der Waals surface area contributed by atoms with Crippen LogP contribution in [0.1, 0.15) is 43.1 Å². The van der Waals surface area contributed by atoms with E-state index in [0.29, 0.717) is 30.9 Å². The largest absolute Gasteiger partial charge is 0.491 e. The van der Waals surface area contributed by atoms with E-state index in [4.69, 9.17) is 9.94 Å². The van der Waals surface area contributed by atoms with Gasteiger partial charge in [-0.1, -0.05) is 13.0 Å². The first-order valence-corrected chi connectivity index (χ1v) is 6.89. The summed E-state index contributed by atoms with van der Waals surface area (Å²) >= 11 is 0. The second kappa shape index (κ2) is 5.73. The zero-order valence-electron chi connectivity index (χ0n) is 12.5. The predicted octanol–water partition coefficient (Wildman–Crippen LogP) is 1.72. The predicted molar refractivity (Wildman–Crippen MR) is 76.1 cm³/mol. The number of nitrogens with one attached hydrogen (secondary N) is 1. The maximum absolute atomic E-state index is 12.1. The molecule has 0 atom stereocenters. The molecule has 114 valence electrons. The van der Waals surface area contributed by atoms with Crippen LogP contribution in [0.5, 0.6) is 5.75 Å². The van der Waals surface area contributed by atoms with Crippen molar-refractivity contribution >= 4 is 11.8 Å². The Labute approximate surface area is 123 Å². The molecule has 6 nitrogen and oxygen atoms in total. The van der Waals surface area contributed by atoms with E-state index in [0.717, 1.165) is 5.56 Å². The number of hydroxylamine groups is 1. The van der Waals surface area contributed by atoms with Gasteiger partial charge >= 0.3 is 0 Å². The summed E-state index contributed by atoms with van der Waals surface area (Å²) in [5.74, 6) is 0.0376. The Balaban J connectivity index is 2.37. The van der Waals surface area contributed by atoms with Crippen LogP contribution < -0.4 is 10.2 Å². The molecule has 2 N–H and O–H groups in total. The highest BCUT2D eigenvalue weighted by molar-refractivity contribution is 5.93. The number of amides is 2. The zero-order chi connectivity index (χ0) is 15.6. The molecular weight excluding hydrogens is 272 g/mol. The number of nitrogens with zero attached hydrogens (tertiary/aromatic N) is 1. The second-order valence-electron chi connectivity index (χ2n) is 5.70. The lowest BCUT2D eigenvalue weighted by molar-refractivity contribution is -0.137. The van der Waals surface area contributed by atoms with E-state index in [2.05, 4.69) is 0 Å². The molecule has 0 aromatic heterocycles. The summed E-state index contributed by atoms with van der Waals surface area (Å²) in [5.41, 5.74) is 2.33. The highest BCUT2D eigenvalue weighted by atomic mass is 16.5. The fourth-order valence-corrected chi connectivity index (χ4v) is 2.36. The lowest BCUT2D eigenvalue weighted by Crippen LogP contribution is -2.49. The normalized spacial score (nSPS) is 16.5. The van der Waals surface area contributed by atoms with Crippen molar-refractivity contribution in [1.29, 1.82) is 0 Å². The molecule has 0 unspecified atom stereocenters. The molecule has 1 aromatic carbocycles. The Hall–Kier alpha value is -2.08. The van der Waals surface area contributed by atoms with Gasteiger partial charge in [-0.2, -0.15) is 0 Å². The Morgan fingerprint density at radius 2 is 2.14 bits per heavy atom. The Morgan fingerprint density at radius 1 is 1.43 bits per heavy atom. The first kappa shape index (κ1) is 15.3. The highest BCUT2D eigenvalue weighted by Gasteiger charge is 2.34. The number of ether oxygens (including phenoxy) is 1. The van der Waals surface area contributed by atoms with Crippen molar-refractivity contribution in [2.75, 3.05) is 6.61 Å². The Kier molecular flexibility index (Phi) is 4.18. The lowest BCUT2D eigenvalue weighted by atomic mass is 10.0. The molecule has 2 amide bonds. The summed E-state index contributed by atoms with van der Waals surface area (Å²) in [6.45, 7) is 6.52. The maximum Gasteiger partial charge on any atom is 0.274 e. The molecule has 21 heavy (non-hydrogen) atoms. The van der Waals surface area contributed by atoms with Crippen LogP contribution in [0.2, 0.25) is 0 Å². The lowest BCUT2D eigenvalue weighted by Gasteiger charge is -2.36. The minimum atomic E-state index is -0.591. The van der Waals surface area contributed by atoms with Gasteiger partial charge in [0.2, 0.25) is 5.91 Å². The van der Waals surface area contributed by atoms with Crippen LogP contribution >= 0.6 is 0 Å². The van der Waals surface area contributed by atoms with Gasteiger partial charge in [-0.25, -0.2) is 5.48 Å². The first-order valence-electron chi connectivity index (χ1n) is 6.89. The summed E-state index contributed by atoms with van der Waals surface area (Å²) < 4.78 is 5.77. The smallest absolute Gasteiger partial charge is 0.274 e. The number of rotatable bonds is 2. The molecule has 6 heteroatoms. The Bertz CT molecular complexity index is 569. The number of fused-ring (bicyclic) bond motifs is 1. The van der Waals surface area contributed by atoms with Crippen LogP contribution in [0.25, 0.3) is 0 Å². The van der Waals surface area contributed by atoms with Crippen molar-refractivity contribution in [3.05, 3.63) is 29.3 Å². The molecule has 1 aliphatic rings. The van der Waals surface area contributed by atoms with Gasteiger partial charge in [0.25, 0.3) is 5.91 Å². The van der Waals surface area contributed by atoms with Crippen LogP contribution in [0.15, 0.2) is 18.2 Å². The van der Waals surface area contributed by atoms with E-state index in [9.17, 15) is 9.59 Å². The van der Waals surface area contributed by atoms with E-state index in [1.807, 2.05) is 20.8 Å². The number of hydrogen-bond donors (Lipinski definition) is 2. The van der Waals surface area contributed by atoms with Crippen LogP contribution in [-0.4, -0.2) is 34.1 Å². The van der Waals surface area contributed by atoms with Gasteiger partial charge in [-0.05, 0) is 26.0 Å². The van der Waals surface area contributed by atoms with Crippen LogP contribution in [-0.2, 0) is 11.3 Å². The van der Waals surface area contributed by atoms with Crippen molar-refractivity contribution in [3.8, 4) is 5.75 Å².